The van der Waals surface area contributed by atoms with E-state index >= 15 is 0 Å². The fourth-order valence-electron chi connectivity index (χ4n) is 3.54. The molecule has 1 fully saturated rings. The van der Waals surface area contributed by atoms with Crippen LogP contribution in [0.15, 0.2) is 30.3 Å². The lowest BCUT2D eigenvalue weighted by atomic mass is 10.0. The third-order valence-electron chi connectivity index (χ3n) is 4.84. The number of fused-ring (bicyclic) bond motifs is 1. The minimum atomic E-state index is -4.47. The number of benzene rings is 1. The molecule has 27 heavy (non-hydrogen) atoms. The number of para-hydroxylation sites is 1. The van der Waals surface area contributed by atoms with Gasteiger partial charge in [0.1, 0.15) is 5.69 Å². The summed E-state index contributed by atoms with van der Waals surface area (Å²) in [5, 5.41) is 3.98. The molecule has 0 saturated carbocycles. The van der Waals surface area contributed by atoms with E-state index < -0.39 is 11.9 Å². The van der Waals surface area contributed by atoms with Crippen LogP contribution >= 0.6 is 0 Å². The van der Waals surface area contributed by atoms with Crippen molar-refractivity contribution in [3.63, 3.8) is 0 Å². The molecule has 1 N–H and O–H groups in total. The van der Waals surface area contributed by atoms with Crippen molar-refractivity contribution in [3.05, 3.63) is 36.0 Å². The normalized spacial score (nSPS) is 17.4. The summed E-state index contributed by atoms with van der Waals surface area (Å²) in [6.45, 7) is 8.02. The van der Waals surface area contributed by atoms with E-state index in [9.17, 15) is 13.2 Å². The minimum absolute atomic E-state index is 0.246. The van der Waals surface area contributed by atoms with Gasteiger partial charge in [0.05, 0.1) is 18.7 Å². The molecule has 4 nitrogen and oxygen atoms in total. The van der Waals surface area contributed by atoms with Crippen LogP contribution in [0.4, 0.5) is 18.9 Å². The monoisotopic (exact) mass is 381 g/mol. The standard InChI is InChI=1S/C20H26F3N3O/c1-14(2)11-15(26-7-9-27-10-8-26)13-24-18-12-19(20(21,22)23)25-17-6-4-3-5-16(17)18/h3-6,12,14-15H,7-11,13H2,1-2H3,(H,24,25)/t15-/m1/s1. The van der Waals surface area contributed by atoms with Crippen LogP contribution in [0.25, 0.3) is 10.9 Å². The Kier molecular flexibility index (Phi) is 6.22. The Bertz CT molecular complexity index is 758. The third-order valence-corrected chi connectivity index (χ3v) is 4.84. The predicted octanol–water partition coefficient (Wildman–Crippen LogP) is 4.41. The maximum Gasteiger partial charge on any atom is 0.433 e. The van der Waals surface area contributed by atoms with Crippen LogP contribution in [0.5, 0.6) is 0 Å². The van der Waals surface area contributed by atoms with Crippen LogP contribution in [-0.4, -0.2) is 48.8 Å². The van der Waals surface area contributed by atoms with Gasteiger partial charge in [-0.05, 0) is 24.5 Å². The Balaban J connectivity index is 1.85. The second kappa shape index (κ2) is 8.44. The summed E-state index contributed by atoms with van der Waals surface area (Å²) in [6.07, 6.45) is -3.50. The Morgan fingerprint density at radius 2 is 1.89 bits per heavy atom. The van der Waals surface area contributed by atoms with Crippen LogP contribution in [-0.2, 0) is 10.9 Å². The zero-order chi connectivity index (χ0) is 19.4. The highest BCUT2D eigenvalue weighted by molar-refractivity contribution is 5.91. The van der Waals surface area contributed by atoms with Gasteiger partial charge in [-0.1, -0.05) is 32.0 Å². The van der Waals surface area contributed by atoms with Gasteiger partial charge in [0.2, 0.25) is 0 Å². The summed E-state index contributed by atoms with van der Waals surface area (Å²) in [4.78, 5) is 6.15. The van der Waals surface area contributed by atoms with Crippen molar-refractivity contribution >= 4 is 16.6 Å². The average molecular weight is 381 g/mol. The third kappa shape index (κ3) is 5.11. The molecule has 2 aromatic rings. The summed E-state index contributed by atoms with van der Waals surface area (Å²) in [6, 6.07) is 8.30. The van der Waals surface area contributed by atoms with Crippen molar-refractivity contribution < 1.29 is 17.9 Å². The van der Waals surface area contributed by atoms with Gasteiger partial charge < -0.3 is 10.1 Å². The molecule has 1 atom stereocenters. The van der Waals surface area contributed by atoms with E-state index in [4.69, 9.17) is 4.74 Å². The number of ether oxygens (including phenoxy) is 1. The zero-order valence-corrected chi connectivity index (χ0v) is 15.7. The molecular weight excluding hydrogens is 355 g/mol. The molecule has 0 bridgehead atoms. The van der Waals surface area contributed by atoms with Gasteiger partial charge in [-0.2, -0.15) is 13.2 Å². The van der Waals surface area contributed by atoms with Crippen LogP contribution in [0.3, 0.4) is 0 Å². The number of halogens is 3. The molecule has 1 aromatic carbocycles. The molecule has 0 aliphatic carbocycles. The van der Waals surface area contributed by atoms with Crippen molar-refractivity contribution in [1.29, 1.82) is 0 Å². The number of alkyl halides is 3. The van der Waals surface area contributed by atoms with Gasteiger partial charge in [-0.3, -0.25) is 4.90 Å². The lowest BCUT2D eigenvalue weighted by molar-refractivity contribution is -0.140. The first-order valence-electron chi connectivity index (χ1n) is 9.37. The number of nitrogens with one attached hydrogen (secondary N) is 1. The van der Waals surface area contributed by atoms with Crippen molar-refractivity contribution in [3.8, 4) is 0 Å². The largest absolute Gasteiger partial charge is 0.433 e. The fraction of sp³-hybridized carbons (Fsp3) is 0.550. The van der Waals surface area contributed by atoms with Gasteiger partial charge in [0, 0.05) is 36.7 Å². The second-order valence-electron chi connectivity index (χ2n) is 7.38. The highest BCUT2D eigenvalue weighted by Crippen LogP contribution is 2.33. The first-order chi connectivity index (χ1) is 12.8. The zero-order valence-electron chi connectivity index (χ0n) is 15.7. The fourth-order valence-corrected chi connectivity index (χ4v) is 3.54. The summed E-state index contributed by atoms with van der Waals surface area (Å²) >= 11 is 0. The smallest absolute Gasteiger partial charge is 0.383 e. The van der Waals surface area contributed by atoms with Crippen LogP contribution in [0.1, 0.15) is 26.0 Å². The average Bonchev–Trinajstić information content (AvgIpc) is 2.64. The molecule has 3 rings (SSSR count). The molecule has 7 heteroatoms. The van der Waals surface area contributed by atoms with Crippen molar-refractivity contribution in [2.45, 2.75) is 32.5 Å². The molecule has 1 aliphatic heterocycles. The van der Waals surface area contributed by atoms with Crippen LogP contribution in [0, 0.1) is 5.92 Å². The van der Waals surface area contributed by atoms with Crippen LogP contribution in [0.2, 0.25) is 0 Å². The topological polar surface area (TPSA) is 37.4 Å². The summed E-state index contributed by atoms with van der Waals surface area (Å²) in [5.74, 6) is 0.500. The molecule has 1 saturated heterocycles. The first-order valence-corrected chi connectivity index (χ1v) is 9.37. The summed E-state index contributed by atoms with van der Waals surface area (Å²) in [5.41, 5.74) is -0.0352. The van der Waals surface area contributed by atoms with Crippen LogP contribution < -0.4 is 5.32 Å². The van der Waals surface area contributed by atoms with Gasteiger partial charge in [-0.15, -0.1) is 0 Å². The SMILES string of the molecule is CC(C)C[C@H](CNc1cc(C(F)(F)F)nc2ccccc12)N1CCOCC1. The number of pyridine rings is 1. The van der Waals surface area contributed by atoms with Gasteiger partial charge in [0.25, 0.3) is 0 Å². The van der Waals surface area contributed by atoms with E-state index in [1.54, 1.807) is 18.2 Å². The Morgan fingerprint density at radius 1 is 1.19 bits per heavy atom. The second-order valence-corrected chi connectivity index (χ2v) is 7.38. The number of morpholine rings is 1. The summed E-state index contributed by atoms with van der Waals surface area (Å²) in [7, 11) is 0. The van der Waals surface area contributed by atoms with E-state index in [0.29, 0.717) is 42.3 Å². The maximum absolute atomic E-state index is 13.2. The molecule has 148 valence electrons. The number of anilines is 1. The molecule has 0 radical (unpaired) electrons. The van der Waals surface area contributed by atoms with Crippen molar-refractivity contribution in [2.75, 3.05) is 38.2 Å². The van der Waals surface area contributed by atoms with Gasteiger partial charge >= 0.3 is 6.18 Å². The number of hydrogen-bond acceptors (Lipinski definition) is 4. The van der Waals surface area contributed by atoms with E-state index in [1.807, 2.05) is 6.07 Å². The molecule has 0 amide bonds. The van der Waals surface area contributed by atoms with Crippen molar-refractivity contribution in [1.82, 2.24) is 9.88 Å². The van der Waals surface area contributed by atoms with Crippen molar-refractivity contribution in [2.24, 2.45) is 5.92 Å². The molecule has 0 unspecified atom stereocenters. The van der Waals surface area contributed by atoms with E-state index in [1.165, 1.54) is 0 Å². The number of aromatic nitrogens is 1. The molecule has 0 spiro atoms. The van der Waals surface area contributed by atoms with Gasteiger partial charge in [0.15, 0.2) is 0 Å². The Morgan fingerprint density at radius 3 is 2.56 bits per heavy atom. The molecular formula is C20H26F3N3O. The lowest BCUT2D eigenvalue weighted by Crippen LogP contribution is -2.47. The highest BCUT2D eigenvalue weighted by atomic mass is 19.4. The molecule has 2 heterocycles. The highest BCUT2D eigenvalue weighted by Gasteiger charge is 2.33. The van der Waals surface area contributed by atoms with E-state index in [0.717, 1.165) is 25.6 Å². The number of hydrogen-bond donors (Lipinski definition) is 1. The first kappa shape index (κ1) is 19.9. The molecule has 1 aromatic heterocycles. The van der Waals surface area contributed by atoms with Gasteiger partial charge in [-0.25, -0.2) is 4.98 Å². The minimum Gasteiger partial charge on any atom is -0.383 e. The quantitative estimate of drug-likeness (QED) is 0.804. The Hall–Kier alpha value is -1.86. The number of nitrogens with zero attached hydrogens (tertiary/aromatic N) is 2. The molecule has 1 aliphatic rings. The van der Waals surface area contributed by atoms with E-state index in [-0.39, 0.29) is 6.04 Å². The summed E-state index contributed by atoms with van der Waals surface area (Å²) < 4.78 is 45.2. The van der Waals surface area contributed by atoms with E-state index in [2.05, 4.69) is 29.0 Å². The lowest BCUT2D eigenvalue weighted by Gasteiger charge is -2.35. The predicted molar refractivity (Wildman–Crippen MR) is 101 cm³/mol. The Labute approximate surface area is 157 Å². The number of rotatable bonds is 6. The maximum atomic E-state index is 13.2.